The fourth-order valence-electron chi connectivity index (χ4n) is 1.25. The molecule has 0 aromatic rings. The highest BCUT2D eigenvalue weighted by atomic mass is 14.7. The Morgan fingerprint density at radius 1 is 1.60 bits per heavy atom. The Morgan fingerprint density at radius 2 is 2.30 bits per heavy atom. The van der Waals surface area contributed by atoms with Crippen LogP contribution in [0.4, 0.5) is 0 Å². The molecule has 0 spiro atoms. The molecule has 3 nitrogen and oxygen atoms in total. The molecule has 1 atom stereocenters. The normalized spacial score (nSPS) is 31.1. The van der Waals surface area contributed by atoms with Gasteiger partial charge in [-0.3, -0.25) is 0 Å². The predicted molar refractivity (Wildman–Crippen MR) is 41.8 cm³/mol. The molecule has 0 radical (unpaired) electrons. The van der Waals surface area contributed by atoms with Crippen LogP contribution in [0.5, 0.6) is 0 Å². The van der Waals surface area contributed by atoms with E-state index in [4.69, 9.17) is 16.9 Å². The van der Waals surface area contributed by atoms with Gasteiger partial charge in [-0.25, -0.2) is 0 Å². The van der Waals surface area contributed by atoms with Crippen molar-refractivity contribution in [1.29, 1.82) is 5.41 Å². The minimum Gasteiger partial charge on any atom is -0.404 e. The molecule has 0 amide bonds. The number of hydrogen-bond donors (Lipinski definition) is 3. The molecule has 0 aromatic heterocycles. The molecule has 1 unspecified atom stereocenters. The lowest BCUT2D eigenvalue weighted by Gasteiger charge is -2.21. The first kappa shape index (κ1) is 7.28. The van der Waals surface area contributed by atoms with Crippen LogP contribution in [0, 0.1) is 5.41 Å². The summed E-state index contributed by atoms with van der Waals surface area (Å²) >= 11 is 0. The molecule has 0 bridgehead atoms. The molecule has 0 heterocycles. The van der Waals surface area contributed by atoms with Crippen molar-refractivity contribution in [2.75, 3.05) is 0 Å². The molecule has 1 fully saturated rings. The van der Waals surface area contributed by atoms with Crippen molar-refractivity contribution in [2.24, 2.45) is 11.5 Å². The topological polar surface area (TPSA) is 75.9 Å². The molecular weight excluding hydrogens is 126 g/mol. The maximum atomic E-state index is 7.45. The van der Waals surface area contributed by atoms with Gasteiger partial charge in [-0.1, -0.05) is 0 Å². The van der Waals surface area contributed by atoms with Gasteiger partial charge in [0.05, 0.1) is 0 Å². The van der Waals surface area contributed by atoms with Crippen LogP contribution in [0.3, 0.4) is 0 Å². The highest BCUT2D eigenvalue weighted by Gasteiger charge is 2.18. The summed E-state index contributed by atoms with van der Waals surface area (Å²) in [6.45, 7) is 0. The number of rotatable bonds is 0. The van der Waals surface area contributed by atoms with Crippen LogP contribution < -0.4 is 11.5 Å². The molecule has 0 aromatic carbocycles. The summed E-state index contributed by atoms with van der Waals surface area (Å²) < 4.78 is 0. The van der Waals surface area contributed by atoms with Crippen LogP contribution in [-0.2, 0) is 0 Å². The molecule has 0 saturated heterocycles. The Morgan fingerprint density at radius 3 is 2.70 bits per heavy atom. The van der Waals surface area contributed by atoms with Crippen LogP contribution in [0.15, 0.2) is 11.8 Å². The second-order valence-corrected chi connectivity index (χ2v) is 2.60. The molecule has 0 aliphatic heterocycles. The van der Waals surface area contributed by atoms with Crippen molar-refractivity contribution in [3.8, 4) is 0 Å². The first-order valence-corrected chi connectivity index (χ1v) is 3.51. The van der Waals surface area contributed by atoms with E-state index in [-0.39, 0.29) is 6.04 Å². The van der Waals surface area contributed by atoms with Crippen molar-refractivity contribution in [3.63, 3.8) is 0 Å². The quantitative estimate of drug-likeness (QED) is 0.453. The van der Waals surface area contributed by atoms with E-state index < -0.39 is 0 Å². The van der Waals surface area contributed by atoms with Gasteiger partial charge in [-0.2, -0.15) is 0 Å². The third-order valence-electron chi connectivity index (χ3n) is 1.87. The van der Waals surface area contributed by atoms with Gasteiger partial charge in [-0.15, -0.1) is 0 Å². The maximum absolute atomic E-state index is 7.45. The molecule has 10 heavy (non-hydrogen) atoms. The second-order valence-electron chi connectivity index (χ2n) is 2.60. The molecule has 3 heteroatoms. The molecule has 1 aliphatic carbocycles. The van der Waals surface area contributed by atoms with Crippen molar-refractivity contribution in [1.82, 2.24) is 0 Å². The van der Waals surface area contributed by atoms with E-state index in [1.807, 2.05) is 0 Å². The minimum absolute atomic E-state index is 0.00579. The van der Waals surface area contributed by atoms with E-state index in [0.717, 1.165) is 24.8 Å². The number of nitrogens with two attached hydrogens (primary N) is 2. The van der Waals surface area contributed by atoms with Crippen molar-refractivity contribution in [3.05, 3.63) is 11.8 Å². The molecule has 56 valence electrons. The van der Waals surface area contributed by atoms with Gasteiger partial charge < -0.3 is 16.9 Å². The average Bonchev–Trinajstić information content (AvgIpc) is 1.88. The standard InChI is InChI=1S/C7H13N3/c8-4-5-6(9)2-1-3-7(5)10/h4,6,10H,1-3,8-9H2/b5-4-,10-7?. The Labute approximate surface area is 60.6 Å². The zero-order chi connectivity index (χ0) is 7.56. The van der Waals surface area contributed by atoms with Crippen LogP contribution in [0.25, 0.3) is 0 Å². The van der Waals surface area contributed by atoms with E-state index >= 15 is 0 Å². The van der Waals surface area contributed by atoms with Gasteiger partial charge in [0.2, 0.25) is 0 Å². The Bertz CT molecular complexity index is 172. The summed E-state index contributed by atoms with van der Waals surface area (Å²) in [7, 11) is 0. The SMILES string of the molecule is N=C1CCCC(N)/C1=C/N. The lowest BCUT2D eigenvalue weighted by atomic mass is 9.89. The van der Waals surface area contributed by atoms with Crippen molar-refractivity contribution < 1.29 is 0 Å². The second kappa shape index (κ2) is 2.84. The fourth-order valence-corrected chi connectivity index (χ4v) is 1.25. The fraction of sp³-hybridized carbons (Fsp3) is 0.571. The Hall–Kier alpha value is -0.830. The van der Waals surface area contributed by atoms with Crippen LogP contribution >= 0.6 is 0 Å². The smallest absolute Gasteiger partial charge is 0.0375 e. The first-order valence-electron chi connectivity index (χ1n) is 3.51. The summed E-state index contributed by atoms with van der Waals surface area (Å²) in [6, 6.07) is 0.00579. The molecule has 1 aliphatic rings. The number of hydrogen-bond acceptors (Lipinski definition) is 3. The van der Waals surface area contributed by atoms with Gasteiger partial charge in [0.25, 0.3) is 0 Å². The van der Waals surface area contributed by atoms with Crippen LogP contribution in [0.1, 0.15) is 19.3 Å². The van der Waals surface area contributed by atoms with Gasteiger partial charge in [0.15, 0.2) is 0 Å². The zero-order valence-corrected chi connectivity index (χ0v) is 5.93. The summed E-state index contributed by atoms with van der Waals surface area (Å²) in [4.78, 5) is 0. The van der Waals surface area contributed by atoms with Gasteiger partial charge in [0, 0.05) is 23.5 Å². The Balaban J connectivity index is 2.73. The third-order valence-corrected chi connectivity index (χ3v) is 1.87. The maximum Gasteiger partial charge on any atom is 0.0375 e. The predicted octanol–water partition coefficient (Wildman–Crippen LogP) is 0.360. The van der Waals surface area contributed by atoms with E-state index in [0.29, 0.717) is 5.71 Å². The van der Waals surface area contributed by atoms with E-state index in [1.165, 1.54) is 6.20 Å². The van der Waals surface area contributed by atoms with Crippen molar-refractivity contribution >= 4 is 5.71 Å². The van der Waals surface area contributed by atoms with E-state index in [2.05, 4.69) is 0 Å². The van der Waals surface area contributed by atoms with E-state index in [1.54, 1.807) is 0 Å². The van der Waals surface area contributed by atoms with Gasteiger partial charge in [-0.05, 0) is 19.3 Å². The summed E-state index contributed by atoms with van der Waals surface area (Å²) in [5.41, 5.74) is 12.4. The number of nitrogens with one attached hydrogen (secondary N) is 1. The lowest BCUT2D eigenvalue weighted by Crippen LogP contribution is -2.31. The summed E-state index contributed by atoms with van der Waals surface area (Å²) in [6.07, 6.45) is 4.28. The molecule has 5 N–H and O–H groups in total. The van der Waals surface area contributed by atoms with Crippen LogP contribution in [0.2, 0.25) is 0 Å². The highest BCUT2D eigenvalue weighted by molar-refractivity contribution is 5.99. The monoisotopic (exact) mass is 139 g/mol. The minimum atomic E-state index is 0.00579. The van der Waals surface area contributed by atoms with Gasteiger partial charge >= 0.3 is 0 Å². The van der Waals surface area contributed by atoms with Gasteiger partial charge in [0.1, 0.15) is 0 Å². The average molecular weight is 139 g/mol. The third kappa shape index (κ3) is 1.19. The van der Waals surface area contributed by atoms with Crippen LogP contribution in [-0.4, -0.2) is 11.8 Å². The summed E-state index contributed by atoms with van der Waals surface area (Å²) in [5, 5.41) is 7.45. The van der Waals surface area contributed by atoms with Crippen molar-refractivity contribution in [2.45, 2.75) is 25.3 Å². The summed E-state index contributed by atoms with van der Waals surface area (Å²) in [5.74, 6) is 0. The molecule has 1 saturated carbocycles. The molecule has 1 rings (SSSR count). The Kier molecular flexibility index (Phi) is 2.06. The zero-order valence-electron chi connectivity index (χ0n) is 5.93. The van der Waals surface area contributed by atoms with E-state index in [9.17, 15) is 0 Å². The highest BCUT2D eigenvalue weighted by Crippen LogP contribution is 2.17. The molecular formula is C7H13N3. The largest absolute Gasteiger partial charge is 0.404 e. The lowest BCUT2D eigenvalue weighted by molar-refractivity contribution is 0.638. The first-order chi connectivity index (χ1) is 4.75.